The number of carbonyl (C=O) groups excluding carboxylic acids is 1. The van der Waals surface area contributed by atoms with E-state index in [0.29, 0.717) is 12.5 Å². The molecular formula is C12H23NO3. The molecule has 0 aromatic rings. The van der Waals surface area contributed by atoms with Crippen LogP contribution in [0.5, 0.6) is 0 Å². The second kappa shape index (κ2) is 7.25. The Labute approximate surface area is 97.6 Å². The minimum Gasteiger partial charge on any atom is -0.480 e. The Hall–Kier alpha value is -1.06. The fraction of sp³-hybridized carbons (Fsp3) is 0.833. The van der Waals surface area contributed by atoms with Crippen molar-refractivity contribution in [1.29, 1.82) is 0 Å². The summed E-state index contributed by atoms with van der Waals surface area (Å²) in [6.45, 7) is 8.21. The molecule has 0 aliphatic carbocycles. The Morgan fingerprint density at radius 2 is 1.81 bits per heavy atom. The molecule has 0 spiro atoms. The molecular weight excluding hydrogens is 206 g/mol. The van der Waals surface area contributed by atoms with Gasteiger partial charge in [-0.15, -0.1) is 0 Å². The van der Waals surface area contributed by atoms with Crippen LogP contribution in [-0.2, 0) is 9.59 Å². The molecule has 0 rings (SSSR count). The van der Waals surface area contributed by atoms with E-state index in [-0.39, 0.29) is 18.4 Å². The molecule has 4 nitrogen and oxygen atoms in total. The Morgan fingerprint density at radius 1 is 1.25 bits per heavy atom. The highest BCUT2D eigenvalue weighted by atomic mass is 16.4. The van der Waals surface area contributed by atoms with Crippen LogP contribution in [0.15, 0.2) is 0 Å². The molecule has 0 aromatic carbocycles. The predicted octanol–water partition coefficient (Wildman–Crippen LogP) is 1.99. The molecule has 0 fully saturated rings. The van der Waals surface area contributed by atoms with E-state index < -0.39 is 5.97 Å². The van der Waals surface area contributed by atoms with Gasteiger partial charge in [-0.05, 0) is 12.3 Å². The van der Waals surface area contributed by atoms with E-state index in [9.17, 15) is 9.59 Å². The third-order valence-electron chi connectivity index (χ3n) is 3.02. The van der Waals surface area contributed by atoms with Gasteiger partial charge in [-0.2, -0.15) is 0 Å². The van der Waals surface area contributed by atoms with Crippen LogP contribution >= 0.6 is 0 Å². The Bertz CT molecular complexity index is 240. The third-order valence-corrected chi connectivity index (χ3v) is 3.02. The quantitative estimate of drug-likeness (QED) is 0.726. The minimum atomic E-state index is -0.946. The van der Waals surface area contributed by atoms with Crippen LogP contribution in [0.25, 0.3) is 0 Å². The van der Waals surface area contributed by atoms with Crippen LogP contribution in [0.2, 0.25) is 0 Å². The second-order valence-corrected chi connectivity index (χ2v) is 4.33. The maximum atomic E-state index is 12.0. The predicted molar refractivity (Wildman–Crippen MR) is 63.1 cm³/mol. The van der Waals surface area contributed by atoms with Crippen LogP contribution in [0.3, 0.4) is 0 Å². The molecule has 16 heavy (non-hydrogen) atoms. The van der Waals surface area contributed by atoms with Gasteiger partial charge in [-0.25, -0.2) is 0 Å². The molecule has 1 N–H and O–H groups in total. The molecule has 0 aliphatic rings. The van der Waals surface area contributed by atoms with Crippen LogP contribution in [0, 0.1) is 11.8 Å². The van der Waals surface area contributed by atoms with E-state index in [1.165, 1.54) is 4.90 Å². The summed E-state index contributed by atoms with van der Waals surface area (Å²) in [4.78, 5) is 24.1. The van der Waals surface area contributed by atoms with Crippen molar-refractivity contribution in [3.63, 3.8) is 0 Å². The molecule has 0 aromatic heterocycles. The van der Waals surface area contributed by atoms with E-state index in [4.69, 9.17) is 5.11 Å². The lowest BCUT2D eigenvalue weighted by molar-refractivity contribution is -0.146. The lowest BCUT2D eigenvalue weighted by atomic mass is 9.92. The van der Waals surface area contributed by atoms with Crippen LogP contribution in [0.4, 0.5) is 0 Å². The first kappa shape index (κ1) is 14.9. The zero-order chi connectivity index (χ0) is 12.7. The van der Waals surface area contributed by atoms with Crippen molar-refractivity contribution in [1.82, 2.24) is 4.90 Å². The van der Waals surface area contributed by atoms with E-state index in [0.717, 1.165) is 12.8 Å². The van der Waals surface area contributed by atoms with Crippen LogP contribution in [-0.4, -0.2) is 35.0 Å². The van der Waals surface area contributed by atoms with E-state index in [1.807, 2.05) is 27.7 Å². The Morgan fingerprint density at radius 3 is 2.19 bits per heavy atom. The van der Waals surface area contributed by atoms with Crippen LogP contribution in [0.1, 0.15) is 40.5 Å². The molecule has 0 saturated heterocycles. The first-order chi connectivity index (χ1) is 7.43. The molecule has 1 amide bonds. The topological polar surface area (TPSA) is 57.6 Å². The van der Waals surface area contributed by atoms with Crippen molar-refractivity contribution >= 4 is 11.9 Å². The number of rotatable bonds is 7. The summed E-state index contributed by atoms with van der Waals surface area (Å²) in [6, 6.07) is 0. The number of nitrogens with zero attached hydrogens (tertiary/aromatic N) is 1. The maximum Gasteiger partial charge on any atom is 0.323 e. The zero-order valence-corrected chi connectivity index (χ0v) is 10.7. The summed E-state index contributed by atoms with van der Waals surface area (Å²) in [5.74, 6) is -0.798. The average Bonchev–Trinajstić information content (AvgIpc) is 2.24. The normalized spacial score (nSPS) is 14.2. The molecule has 0 radical (unpaired) electrons. The fourth-order valence-electron chi connectivity index (χ4n) is 1.59. The van der Waals surface area contributed by atoms with Gasteiger partial charge in [-0.3, -0.25) is 9.59 Å². The highest BCUT2D eigenvalue weighted by Crippen LogP contribution is 2.17. The van der Waals surface area contributed by atoms with Gasteiger partial charge in [0.05, 0.1) is 0 Å². The van der Waals surface area contributed by atoms with E-state index >= 15 is 0 Å². The minimum absolute atomic E-state index is 0.0430. The summed E-state index contributed by atoms with van der Waals surface area (Å²) in [5, 5.41) is 8.74. The first-order valence-corrected chi connectivity index (χ1v) is 5.94. The smallest absolute Gasteiger partial charge is 0.323 e. The van der Waals surface area contributed by atoms with Crippen molar-refractivity contribution in [2.45, 2.75) is 40.5 Å². The van der Waals surface area contributed by atoms with Gasteiger partial charge in [0, 0.05) is 12.5 Å². The average molecular weight is 229 g/mol. The SMILES string of the molecule is CCCN(CC(=O)O)C(=O)C(C)C(C)CC. The first-order valence-electron chi connectivity index (χ1n) is 5.94. The summed E-state index contributed by atoms with van der Waals surface area (Å²) in [7, 11) is 0. The molecule has 94 valence electrons. The summed E-state index contributed by atoms with van der Waals surface area (Å²) in [5.41, 5.74) is 0. The Balaban J connectivity index is 4.52. The lowest BCUT2D eigenvalue weighted by Crippen LogP contribution is -2.41. The molecule has 0 bridgehead atoms. The number of carboxylic acids is 1. The number of amides is 1. The second-order valence-electron chi connectivity index (χ2n) is 4.33. The standard InChI is InChI=1S/C12H23NO3/c1-5-7-13(8-11(14)15)12(16)10(4)9(3)6-2/h9-10H,5-8H2,1-4H3,(H,14,15). The summed E-state index contributed by atoms with van der Waals surface area (Å²) >= 11 is 0. The van der Waals surface area contributed by atoms with Gasteiger partial charge in [0.15, 0.2) is 0 Å². The number of carbonyl (C=O) groups is 2. The number of hydrogen-bond acceptors (Lipinski definition) is 2. The highest BCUT2D eigenvalue weighted by molar-refractivity contribution is 5.83. The van der Waals surface area contributed by atoms with Gasteiger partial charge in [-0.1, -0.05) is 34.1 Å². The Kier molecular flexibility index (Phi) is 6.77. The lowest BCUT2D eigenvalue weighted by Gasteiger charge is -2.26. The van der Waals surface area contributed by atoms with Crippen molar-refractivity contribution in [2.75, 3.05) is 13.1 Å². The van der Waals surface area contributed by atoms with Gasteiger partial charge in [0.25, 0.3) is 0 Å². The number of carboxylic acid groups (broad SMARTS) is 1. The van der Waals surface area contributed by atoms with E-state index in [1.54, 1.807) is 0 Å². The molecule has 0 aliphatic heterocycles. The van der Waals surface area contributed by atoms with Crippen molar-refractivity contribution < 1.29 is 14.7 Å². The number of aliphatic carboxylic acids is 1. The van der Waals surface area contributed by atoms with Gasteiger partial charge in [0.2, 0.25) is 5.91 Å². The van der Waals surface area contributed by atoms with Crippen LogP contribution < -0.4 is 0 Å². The van der Waals surface area contributed by atoms with Crippen molar-refractivity contribution in [2.24, 2.45) is 11.8 Å². The maximum absolute atomic E-state index is 12.0. The monoisotopic (exact) mass is 229 g/mol. The molecule has 4 heteroatoms. The van der Waals surface area contributed by atoms with E-state index in [2.05, 4.69) is 0 Å². The third kappa shape index (κ3) is 4.64. The number of hydrogen-bond donors (Lipinski definition) is 1. The van der Waals surface area contributed by atoms with Gasteiger partial charge >= 0.3 is 5.97 Å². The fourth-order valence-corrected chi connectivity index (χ4v) is 1.59. The summed E-state index contributed by atoms with van der Waals surface area (Å²) in [6.07, 6.45) is 1.71. The molecule has 0 saturated carbocycles. The molecule has 0 heterocycles. The van der Waals surface area contributed by atoms with Gasteiger partial charge < -0.3 is 10.0 Å². The van der Waals surface area contributed by atoms with Crippen molar-refractivity contribution in [3.05, 3.63) is 0 Å². The van der Waals surface area contributed by atoms with Gasteiger partial charge in [0.1, 0.15) is 6.54 Å². The zero-order valence-electron chi connectivity index (χ0n) is 10.7. The molecule has 2 unspecified atom stereocenters. The summed E-state index contributed by atoms with van der Waals surface area (Å²) < 4.78 is 0. The molecule has 2 atom stereocenters. The highest BCUT2D eigenvalue weighted by Gasteiger charge is 2.25. The van der Waals surface area contributed by atoms with Crippen molar-refractivity contribution in [3.8, 4) is 0 Å². The largest absolute Gasteiger partial charge is 0.480 e.